The largest absolute Gasteiger partial charge is 0.492 e. The Morgan fingerprint density at radius 2 is 1.97 bits per heavy atom. The highest BCUT2D eigenvalue weighted by molar-refractivity contribution is 6.17. The summed E-state index contributed by atoms with van der Waals surface area (Å²) in [6.45, 7) is 14.6. The van der Waals surface area contributed by atoms with Gasteiger partial charge < -0.3 is 19.1 Å². The van der Waals surface area contributed by atoms with E-state index in [-0.39, 0.29) is 17.6 Å². The predicted octanol–water partition coefficient (Wildman–Crippen LogP) is 3.16. The van der Waals surface area contributed by atoms with Crippen molar-refractivity contribution in [1.29, 1.82) is 0 Å². The van der Waals surface area contributed by atoms with E-state index in [4.69, 9.17) is 14.2 Å². The topological polar surface area (TPSA) is 97.0 Å². The minimum absolute atomic E-state index is 0.215. The highest BCUT2D eigenvalue weighted by atomic mass is 16.5. The zero-order valence-electron chi connectivity index (χ0n) is 21.8. The van der Waals surface area contributed by atoms with Crippen LogP contribution in [0.25, 0.3) is 5.57 Å². The maximum atomic E-state index is 13.7. The molecule has 0 aliphatic carbocycles. The minimum atomic E-state index is -0.495. The van der Waals surface area contributed by atoms with Crippen molar-refractivity contribution in [3.63, 3.8) is 0 Å². The summed E-state index contributed by atoms with van der Waals surface area (Å²) in [6.07, 6.45) is 1.29. The molecule has 1 saturated heterocycles. The first-order chi connectivity index (χ1) is 17.2. The molecule has 0 bridgehead atoms. The van der Waals surface area contributed by atoms with Crippen molar-refractivity contribution in [3.8, 4) is 5.75 Å². The van der Waals surface area contributed by atoms with Crippen molar-refractivity contribution in [3.05, 3.63) is 53.0 Å². The van der Waals surface area contributed by atoms with E-state index in [0.717, 1.165) is 44.1 Å². The number of carbonyl (C=O) groups is 2. The highest BCUT2D eigenvalue weighted by Crippen LogP contribution is 2.37. The summed E-state index contributed by atoms with van der Waals surface area (Å²) in [7, 11) is 0. The van der Waals surface area contributed by atoms with Crippen molar-refractivity contribution >= 4 is 17.4 Å². The van der Waals surface area contributed by atoms with Crippen molar-refractivity contribution < 1.29 is 23.8 Å². The van der Waals surface area contributed by atoms with Crippen LogP contribution < -0.4 is 4.74 Å². The number of H-pyrrole nitrogens is 1. The second kappa shape index (κ2) is 10.8. The van der Waals surface area contributed by atoms with Gasteiger partial charge in [0, 0.05) is 48.9 Å². The number of nitrogens with zero attached hydrogens (tertiary/aromatic N) is 3. The van der Waals surface area contributed by atoms with Crippen LogP contribution in [0.4, 0.5) is 0 Å². The Kier molecular flexibility index (Phi) is 7.80. The normalized spacial score (nSPS) is 17.8. The molecule has 9 heteroatoms. The number of benzene rings is 1. The van der Waals surface area contributed by atoms with E-state index >= 15 is 0 Å². The zero-order chi connectivity index (χ0) is 25.9. The molecule has 0 radical (unpaired) electrons. The van der Waals surface area contributed by atoms with Crippen molar-refractivity contribution in [1.82, 2.24) is 20.0 Å². The Morgan fingerprint density at radius 1 is 1.22 bits per heavy atom. The van der Waals surface area contributed by atoms with Gasteiger partial charge in [0.1, 0.15) is 17.9 Å². The van der Waals surface area contributed by atoms with E-state index < -0.39 is 11.4 Å². The van der Waals surface area contributed by atoms with Gasteiger partial charge in [-0.05, 0) is 39.0 Å². The van der Waals surface area contributed by atoms with Gasteiger partial charge in [-0.1, -0.05) is 19.9 Å². The van der Waals surface area contributed by atoms with Crippen LogP contribution >= 0.6 is 0 Å². The monoisotopic (exact) mass is 496 g/mol. The van der Waals surface area contributed by atoms with Gasteiger partial charge in [0.05, 0.1) is 30.7 Å². The first-order valence-electron chi connectivity index (χ1n) is 12.5. The predicted molar refractivity (Wildman–Crippen MR) is 136 cm³/mol. The maximum Gasteiger partial charge on any atom is 0.342 e. The number of amides is 1. The number of hydrogen-bond donors (Lipinski definition) is 1. The first-order valence-corrected chi connectivity index (χ1v) is 12.5. The second-order valence-electron chi connectivity index (χ2n) is 10.2. The number of hydrogen-bond acceptors (Lipinski definition) is 7. The molecular weight excluding hydrogens is 460 g/mol. The number of fused-ring (bicyclic) bond motifs is 1. The van der Waals surface area contributed by atoms with Crippen molar-refractivity contribution in [2.24, 2.45) is 0 Å². The molecule has 2 aliphatic heterocycles. The summed E-state index contributed by atoms with van der Waals surface area (Å²) < 4.78 is 16.8. The molecule has 0 atom stereocenters. The number of nitrogens with one attached hydrogen (secondary N) is 1. The number of rotatable bonds is 7. The van der Waals surface area contributed by atoms with Gasteiger partial charge in [-0.15, -0.1) is 0 Å². The number of ether oxygens (including phenoxy) is 3. The molecule has 2 aromatic rings. The van der Waals surface area contributed by atoms with Crippen LogP contribution in [0.15, 0.2) is 30.5 Å². The molecule has 0 unspecified atom stereocenters. The molecule has 1 aromatic carbocycles. The molecule has 2 aliphatic rings. The number of morpholine rings is 1. The van der Waals surface area contributed by atoms with E-state index in [1.54, 1.807) is 37.1 Å². The van der Waals surface area contributed by atoms with Crippen molar-refractivity contribution in [2.75, 3.05) is 46.0 Å². The number of aromatic amines is 1. The van der Waals surface area contributed by atoms with Gasteiger partial charge in [-0.25, -0.2) is 4.79 Å². The Bertz CT molecular complexity index is 1130. The Balaban J connectivity index is 1.56. The summed E-state index contributed by atoms with van der Waals surface area (Å²) >= 11 is 0. The fourth-order valence-electron chi connectivity index (χ4n) is 4.79. The van der Waals surface area contributed by atoms with Crippen LogP contribution in [0.1, 0.15) is 55.0 Å². The fraction of sp³-hybridized carbons (Fsp3) is 0.519. The maximum absolute atomic E-state index is 13.7. The third kappa shape index (κ3) is 5.79. The quantitative estimate of drug-likeness (QED) is 0.588. The summed E-state index contributed by atoms with van der Waals surface area (Å²) in [5.74, 6) is -0.0743. The average molecular weight is 497 g/mol. The van der Waals surface area contributed by atoms with Gasteiger partial charge in [-0.3, -0.25) is 14.8 Å². The van der Waals surface area contributed by atoms with E-state index in [9.17, 15) is 9.59 Å². The van der Waals surface area contributed by atoms with Crippen LogP contribution in [-0.2, 0) is 19.7 Å². The molecular formula is C27H36N4O5. The van der Waals surface area contributed by atoms with Gasteiger partial charge >= 0.3 is 5.97 Å². The van der Waals surface area contributed by atoms with Crippen molar-refractivity contribution in [2.45, 2.75) is 46.1 Å². The van der Waals surface area contributed by atoms with E-state index in [1.165, 1.54) is 0 Å². The van der Waals surface area contributed by atoms with Crippen LogP contribution in [0.5, 0.6) is 5.75 Å². The van der Waals surface area contributed by atoms with Crippen LogP contribution in [0.2, 0.25) is 0 Å². The van der Waals surface area contributed by atoms with Gasteiger partial charge in [-0.2, -0.15) is 5.10 Å². The van der Waals surface area contributed by atoms with Crippen LogP contribution in [0.3, 0.4) is 0 Å². The van der Waals surface area contributed by atoms with Gasteiger partial charge in [0.25, 0.3) is 5.91 Å². The van der Waals surface area contributed by atoms with Gasteiger partial charge in [0.15, 0.2) is 0 Å². The number of esters is 1. The third-order valence-electron chi connectivity index (χ3n) is 6.43. The molecule has 3 heterocycles. The molecule has 9 nitrogen and oxygen atoms in total. The van der Waals surface area contributed by atoms with E-state index in [0.29, 0.717) is 30.2 Å². The number of aromatic nitrogens is 2. The highest BCUT2D eigenvalue weighted by Gasteiger charge is 2.38. The Morgan fingerprint density at radius 3 is 2.69 bits per heavy atom. The first kappa shape index (κ1) is 25.9. The fourth-order valence-corrected chi connectivity index (χ4v) is 4.79. The number of aryl methyl sites for hydroxylation is 1. The summed E-state index contributed by atoms with van der Waals surface area (Å²) in [5, 5.41) is 7.34. The molecule has 36 heavy (non-hydrogen) atoms. The second-order valence-corrected chi connectivity index (χ2v) is 10.2. The molecule has 0 saturated carbocycles. The van der Waals surface area contributed by atoms with Crippen LogP contribution in [0, 0.1) is 6.92 Å². The minimum Gasteiger partial charge on any atom is -0.492 e. The lowest BCUT2D eigenvalue weighted by atomic mass is 9.82. The molecule has 1 aromatic heterocycles. The Hall–Kier alpha value is -3.17. The summed E-state index contributed by atoms with van der Waals surface area (Å²) in [6, 6.07) is 7.19. The third-order valence-corrected chi connectivity index (χ3v) is 6.43. The van der Waals surface area contributed by atoms with Gasteiger partial charge in [0.2, 0.25) is 0 Å². The molecule has 0 spiro atoms. The molecule has 194 valence electrons. The summed E-state index contributed by atoms with van der Waals surface area (Å²) in [5.41, 5.74) is 2.62. The smallest absolute Gasteiger partial charge is 0.342 e. The van der Waals surface area contributed by atoms with E-state index in [1.807, 2.05) is 32.9 Å². The molecule has 1 amide bonds. The average Bonchev–Trinajstić information content (AvgIpc) is 3.18. The van der Waals surface area contributed by atoms with Crippen LogP contribution in [-0.4, -0.2) is 84.0 Å². The molecule has 1 fully saturated rings. The molecule has 1 N–H and O–H groups in total. The SMILES string of the molecule is Cc1n[nH]c2c1C(C)(C)CN(C(=O)c1cccc(OCCN3CCOCC3)c1)C=C2C(=O)OC(C)C. The Labute approximate surface area is 212 Å². The standard InChI is InChI=1S/C27H36N4O5/c1-18(2)36-26(33)22-16-31(17-27(4,5)23-19(3)28-29-24(22)23)25(32)20-7-6-8-21(15-20)35-14-11-30-9-12-34-13-10-30/h6-8,15-16,18H,9-14,17H2,1-5H3,(H,28,29). The molecule has 4 rings (SSSR count). The lowest BCUT2D eigenvalue weighted by molar-refractivity contribution is -0.140. The summed E-state index contributed by atoms with van der Waals surface area (Å²) in [4.78, 5) is 30.6. The lowest BCUT2D eigenvalue weighted by Gasteiger charge is -2.29. The lowest BCUT2D eigenvalue weighted by Crippen LogP contribution is -2.38. The number of carbonyl (C=O) groups excluding carboxylic acids is 2. The zero-order valence-corrected chi connectivity index (χ0v) is 21.8. The van der Waals surface area contributed by atoms with E-state index in [2.05, 4.69) is 15.1 Å².